The monoisotopic (exact) mass is 281 g/mol. The molecule has 2 aromatic rings. The third kappa shape index (κ3) is 3.51. The van der Waals surface area contributed by atoms with Gasteiger partial charge in [-0.05, 0) is 35.7 Å². The van der Waals surface area contributed by atoms with E-state index >= 15 is 0 Å². The molecule has 2 aromatic carbocycles. The number of hydrogen-bond acceptors (Lipinski definition) is 2. The van der Waals surface area contributed by atoms with Crippen LogP contribution >= 0.6 is 0 Å². The van der Waals surface area contributed by atoms with Gasteiger partial charge in [-0.1, -0.05) is 36.4 Å². The first-order valence-electron chi connectivity index (χ1n) is 6.03. The van der Waals surface area contributed by atoms with Crippen LogP contribution < -0.4 is 10.5 Å². The van der Waals surface area contributed by atoms with Crippen LogP contribution in [0.15, 0.2) is 48.5 Å². The maximum Gasteiger partial charge on any atom is 0.573 e. The van der Waals surface area contributed by atoms with Gasteiger partial charge in [0.1, 0.15) is 5.75 Å². The zero-order valence-corrected chi connectivity index (χ0v) is 10.8. The van der Waals surface area contributed by atoms with Crippen molar-refractivity contribution in [3.63, 3.8) is 0 Å². The predicted octanol–water partition coefficient (Wildman–Crippen LogP) is 3.94. The Morgan fingerprint density at radius 2 is 1.60 bits per heavy atom. The van der Waals surface area contributed by atoms with Gasteiger partial charge in [0.05, 0.1) is 6.04 Å². The summed E-state index contributed by atoms with van der Waals surface area (Å²) in [5, 5.41) is 0. The van der Waals surface area contributed by atoms with E-state index in [1.807, 2.05) is 31.2 Å². The highest BCUT2D eigenvalue weighted by atomic mass is 19.4. The second-order valence-corrected chi connectivity index (χ2v) is 4.45. The number of ether oxygens (including phenoxy) is 1. The van der Waals surface area contributed by atoms with E-state index < -0.39 is 6.36 Å². The minimum absolute atomic E-state index is 0.252. The predicted molar refractivity (Wildman–Crippen MR) is 70.3 cm³/mol. The first-order valence-corrected chi connectivity index (χ1v) is 6.03. The van der Waals surface area contributed by atoms with Gasteiger partial charge >= 0.3 is 6.36 Å². The van der Waals surface area contributed by atoms with Crippen LogP contribution in [0.2, 0.25) is 0 Å². The van der Waals surface area contributed by atoms with Crippen LogP contribution in [0, 0.1) is 6.92 Å². The van der Waals surface area contributed by atoms with Crippen molar-refractivity contribution in [1.29, 1.82) is 0 Å². The molecule has 0 aliphatic carbocycles. The molecule has 5 heteroatoms. The molecule has 0 saturated carbocycles. The number of halogens is 3. The lowest BCUT2D eigenvalue weighted by molar-refractivity contribution is -0.274. The lowest BCUT2D eigenvalue weighted by Gasteiger charge is -2.16. The highest BCUT2D eigenvalue weighted by Crippen LogP contribution is 2.27. The van der Waals surface area contributed by atoms with Crippen LogP contribution in [0.3, 0.4) is 0 Å². The first kappa shape index (κ1) is 14.4. The van der Waals surface area contributed by atoms with Crippen molar-refractivity contribution in [2.24, 2.45) is 5.73 Å². The van der Waals surface area contributed by atoms with Crippen LogP contribution in [-0.4, -0.2) is 6.36 Å². The van der Waals surface area contributed by atoms with Crippen LogP contribution in [-0.2, 0) is 0 Å². The number of nitrogens with two attached hydrogens (primary N) is 1. The Bertz CT molecular complexity index is 578. The van der Waals surface area contributed by atoms with E-state index in [9.17, 15) is 13.2 Å². The molecule has 0 saturated heterocycles. The summed E-state index contributed by atoms with van der Waals surface area (Å²) in [6, 6.07) is 12.9. The number of aryl methyl sites for hydroxylation is 1. The third-order valence-electron chi connectivity index (χ3n) is 3.00. The fourth-order valence-electron chi connectivity index (χ4n) is 1.99. The molecule has 0 fully saturated rings. The van der Waals surface area contributed by atoms with Crippen LogP contribution in [0.4, 0.5) is 13.2 Å². The molecule has 2 N–H and O–H groups in total. The van der Waals surface area contributed by atoms with E-state index in [4.69, 9.17) is 5.73 Å². The summed E-state index contributed by atoms with van der Waals surface area (Å²) < 4.78 is 40.0. The van der Waals surface area contributed by atoms with Gasteiger partial charge in [0, 0.05) is 0 Å². The van der Waals surface area contributed by atoms with Crippen LogP contribution in [0.25, 0.3) is 0 Å². The maximum absolute atomic E-state index is 12.1. The number of benzene rings is 2. The average Bonchev–Trinajstić information content (AvgIpc) is 2.37. The van der Waals surface area contributed by atoms with E-state index in [1.165, 1.54) is 24.3 Å². The zero-order chi connectivity index (χ0) is 14.8. The van der Waals surface area contributed by atoms with E-state index in [0.29, 0.717) is 0 Å². The number of hydrogen-bond donors (Lipinski definition) is 1. The Morgan fingerprint density at radius 1 is 1.00 bits per heavy atom. The lowest BCUT2D eigenvalue weighted by atomic mass is 9.96. The number of alkyl halides is 3. The van der Waals surface area contributed by atoms with Crippen molar-refractivity contribution >= 4 is 0 Å². The van der Waals surface area contributed by atoms with Crippen molar-refractivity contribution in [3.8, 4) is 5.75 Å². The number of rotatable bonds is 3. The molecule has 0 aliphatic heterocycles. The Morgan fingerprint density at radius 3 is 2.15 bits per heavy atom. The van der Waals surface area contributed by atoms with Gasteiger partial charge in [0.2, 0.25) is 0 Å². The molecule has 106 valence electrons. The second-order valence-electron chi connectivity index (χ2n) is 4.45. The molecule has 2 nitrogen and oxygen atoms in total. The standard InChI is InChI=1S/C15H14F3NO/c1-10-4-2-3-5-13(10)14(19)11-6-8-12(9-7-11)20-15(16,17)18/h2-9,14H,19H2,1H3/t14-/m1/s1. The highest BCUT2D eigenvalue weighted by Gasteiger charge is 2.31. The second kappa shape index (κ2) is 5.54. The zero-order valence-electron chi connectivity index (χ0n) is 10.8. The minimum Gasteiger partial charge on any atom is -0.406 e. The Kier molecular flexibility index (Phi) is 3.99. The van der Waals surface area contributed by atoms with E-state index in [-0.39, 0.29) is 11.8 Å². The summed E-state index contributed by atoms with van der Waals surface area (Å²) >= 11 is 0. The summed E-state index contributed by atoms with van der Waals surface area (Å²) in [7, 11) is 0. The van der Waals surface area contributed by atoms with Gasteiger partial charge in [-0.15, -0.1) is 13.2 Å². The fraction of sp³-hybridized carbons (Fsp3) is 0.200. The lowest BCUT2D eigenvalue weighted by Crippen LogP contribution is -2.17. The fourth-order valence-corrected chi connectivity index (χ4v) is 1.99. The molecule has 0 amide bonds. The molecule has 0 bridgehead atoms. The quantitative estimate of drug-likeness (QED) is 0.924. The molecule has 0 radical (unpaired) electrons. The molecule has 0 aliphatic rings. The average molecular weight is 281 g/mol. The molecule has 0 aromatic heterocycles. The molecule has 0 heterocycles. The molecule has 1 atom stereocenters. The first-order chi connectivity index (χ1) is 9.37. The minimum atomic E-state index is -4.68. The van der Waals surface area contributed by atoms with E-state index in [0.717, 1.165) is 16.7 Å². The van der Waals surface area contributed by atoms with Crippen molar-refractivity contribution in [2.45, 2.75) is 19.3 Å². The molecule has 0 spiro atoms. The Hall–Kier alpha value is -2.01. The molecule has 20 heavy (non-hydrogen) atoms. The topological polar surface area (TPSA) is 35.2 Å². The van der Waals surface area contributed by atoms with Gasteiger partial charge in [-0.2, -0.15) is 0 Å². The van der Waals surface area contributed by atoms with Gasteiger partial charge < -0.3 is 10.5 Å². The van der Waals surface area contributed by atoms with Crippen molar-refractivity contribution in [3.05, 3.63) is 65.2 Å². The van der Waals surface area contributed by atoms with E-state index in [2.05, 4.69) is 4.74 Å². The summed E-state index contributed by atoms with van der Waals surface area (Å²) in [6.07, 6.45) is -4.68. The summed E-state index contributed by atoms with van der Waals surface area (Å²) in [4.78, 5) is 0. The molecule has 2 rings (SSSR count). The van der Waals surface area contributed by atoms with Crippen molar-refractivity contribution in [2.75, 3.05) is 0 Å². The smallest absolute Gasteiger partial charge is 0.406 e. The van der Waals surface area contributed by atoms with Gasteiger partial charge in [0.15, 0.2) is 0 Å². The van der Waals surface area contributed by atoms with Crippen molar-refractivity contribution < 1.29 is 17.9 Å². The summed E-state index contributed by atoms with van der Waals surface area (Å²) in [5.74, 6) is -0.252. The summed E-state index contributed by atoms with van der Waals surface area (Å²) in [6.45, 7) is 1.94. The summed E-state index contributed by atoms with van der Waals surface area (Å²) in [5.41, 5.74) is 8.84. The SMILES string of the molecule is Cc1ccccc1[C@H](N)c1ccc(OC(F)(F)F)cc1. The molecular formula is C15H14F3NO. The largest absolute Gasteiger partial charge is 0.573 e. The van der Waals surface area contributed by atoms with Crippen LogP contribution in [0.5, 0.6) is 5.75 Å². The van der Waals surface area contributed by atoms with Gasteiger partial charge in [-0.25, -0.2) is 0 Å². The molecular weight excluding hydrogens is 267 g/mol. The van der Waals surface area contributed by atoms with Gasteiger partial charge in [0.25, 0.3) is 0 Å². The third-order valence-corrected chi connectivity index (χ3v) is 3.00. The molecule has 0 unspecified atom stereocenters. The Labute approximate surface area is 115 Å². The van der Waals surface area contributed by atoms with Gasteiger partial charge in [-0.3, -0.25) is 0 Å². The van der Waals surface area contributed by atoms with Crippen LogP contribution in [0.1, 0.15) is 22.7 Å². The van der Waals surface area contributed by atoms with Crippen molar-refractivity contribution in [1.82, 2.24) is 0 Å². The normalized spacial score (nSPS) is 13.1. The highest BCUT2D eigenvalue weighted by molar-refractivity contribution is 5.38. The maximum atomic E-state index is 12.1. The van der Waals surface area contributed by atoms with E-state index in [1.54, 1.807) is 0 Å². The Balaban J connectivity index is 2.20.